The van der Waals surface area contributed by atoms with Crippen LogP contribution in [0.3, 0.4) is 0 Å². The zero-order valence-electron chi connectivity index (χ0n) is 29.3. The summed E-state index contributed by atoms with van der Waals surface area (Å²) >= 11 is 0. The number of carbonyl (C=O) groups excluding carboxylic acids is 6. The van der Waals surface area contributed by atoms with Crippen LogP contribution in [0, 0.1) is 23.2 Å². The van der Waals surface area contributed by atoms with E-state index >= 15 is 0 Å². The molecule has 0 spiro atoms. The highest BCUT2D eigenvalue weighted by Crippen LogP contribution is 2.43. The molecule has 13 heteroatoms. The second-order valence-electron chi connectivity index (χ2n) is 15.5. The molecular formula is C36H53N7O6. The van der Waals surface area contributed by atoms with Gasteiger partial charge in [-0.05, 0) is 68.1 Å². The molecular weight excluding hydrogens is 626 g/mol. The van der Waals surface area contributed by atoms with Gasteiger partial charge in [-0.3, -0.25) is 33.8 Å². The number of rotatable bonds is 13. The average Bonchev–Trinajstić information content (AvgIpc) is 3.65. The number of fused-ring (bicyclic) bond motifs is 1. The molecule has 0 aromatic carbocycles. The normalized spacial score (nSPS) is 24.2. The van der Waals surface area contributed by atoms with Gasteiger partial charge in [-0.15, -0.1) is 0 Å². The first-order valence-electron chi connectivity index (χ1n) is 18.2. The summed E-state index contributed by atoms with van der Waals surface area (Å²) < 4.78 is 0. The van der Waals surface area contributed by atoms with Crippen LogP contribution in [0.4, 0.5) is 0 Å². The fourth-order valence-electron chi connectivity index (χ4n) is 7.87. The van der Waals surface area contributed by atoms with Crippen LogP contribution in [0.5, 0.6) is 0 Å². The summed E-state index contributed by atoms with van der Waals surface area (Å²) in [6, 6.07) is -3.68. The third-order valence-electron chi connectivity index (χ3n) is 10.7. The van der Waals surface area contributed by atoms with E-state index < -0.39 is 59.0 Å². The molecule has 3 aliphatic carbocycles. The predicted molar refractivity (Wildman–Crippen MR) is 181 cm³/mol. The first-order chi connectivity index (χ1) is 23.4. The van der Waals surface area contributed by atoms with Crippen LogP contribution in [-0.2, 0) is 24.0 Å². The summed E-state index contributed by atoms with van der Waals surface area (Å²) in [4.78, 5) is 91.4. The molecule has 1 aliphatic heterocycles. The standard InChI is InChI=1S/C36H53N7O6/c1-5-10-25(29(44)34(48)39-23-15-16-23)40-33(47)28-24-14-9-13-22(24)20-43(28)35(49)30(36(2,3)4)42-32(46)27(21-11-7-6-8-12-21)41-31(45)26-19-37-17-18-38-26/h17-19,21-25,27-28,30H,5-16,20H2,1-4H3,(H,39,48)(H,40,47)(H,41,45)(H,42,46)/t22-,24-,25-,27-,28-,30+/m1/s1. The van der Waals surface area contributed by atoms with E-state index in [1.165, 1.54) is 18.6 Å². The van der Waals surface area contributed by atoms with E-state index in [9.17, 15) is 28.8 Å². The number of hydrogen-bond donors (Lipinski definition) is 4. The number of nitrogens with zero attached hydrogens (tertiary/aromatic N) is 3. The van der Waals surface area contributed by atoms with E-state index in [-0.39, 0.29) is 35.4 Å². The molecule has 0 radical (unpaired) electrons. The zero-order valence-corrected chi connectivity index (χ0v) is 29.3. The van der Waals surface area contributed by atoms with Gasteiger partial charge in [0.25, 0.3) is 11.8 Å². The summed E-state index contributed by atoms with van der Waals surface area (Å²) in [6.07, 6.45) is 13.9. The van der Waals surface area contributed by atoms with Gasteiger partial charge in [0.2, 0.25) is 23.5 Å². The Morgan fingerprint density at radius 2 is 1.63 bits per heavy atom. The predicted octanol–water partition coefficient (Wildman–Crippen LogP) is 2.45. The lowest BCUT2D eigenvalue weighted by Gasteiger charge is -2.38. The Kier molecular flexibility index (Phi) is 11.7. The number of carbonyl (C=O) groups is 6. The zero-order chi connectivity index (χ0) is 35.3. The maximum Gasteiger partial charge on any atom is 0.289 e. The van der Waals surface area contributed by atoms with E-state index in [4.69, 9.17) is 0 Å². The van der Waals surface area contributed by atoms with E-state index in [0.717, 1.165) is 64.2 Å². The van der Waals surface area contributed by atoms with Gasteiger partial charge in [-0.2, -0.15) is 0 Å². The topological polar surface area (TPSA) is 180 Å². The number of nitrogens with one attached hydrogen (secondary N) is 4. The molecule has 0 bridgehead atoms. The van der Waals surface area contributed by atoms with Crippen molar-refractivity contribution < 1.29 is 28.8 Å². The lowest BCUT2D eigenvalue weighted by molar-refractivity contribution is -0.146. The van der Waals surface area contributed by atoms with Gasteiger partial charge in [0.05, 0.1) is 12.2 Å². The van der Waals surface area contributed by atoms with Gasteiger partial charge in [-0.1, -0.05) is 59.8 Å². The summed E-state index contributed by atoms with van der Waals surface area (Å²) in [5, 5.41) is 11.5. The molecule has 1 saturated heterocycles. The summed E-state index contributed by atoms with van der Waals surface area (Å²) in [7, 11) is 0. The molecule has 5 rings (SSSR count). The fourth-order valence-corrected chi connectivity index (χ4v) is 7.87. The first-order valence-corrected chi connectivity index (χ1v) is 18.2. The largest absolute Gasteiger partial charge is 0.347 e. The molecule has 4 aliphatic rings. The molecule has 5 amide bonds. The molecule has 4 N–H and O–H groups in total. The van der Waals surface area contributed by atoms with Crippen molar-refractivity contribution in [3.63, 3.8) is 0 Å². The number of ketones is 1. The quantitative estimate of drug-likeness (QED) is 0.230. The Bertz CT molecular complexity index is 1390. The van der Waals surface area contributed by atoms with Gasteiger partial charge in [0.15, 0.2) is 0 Å². The van der Waals surface area contributed by atoms with E-state index in [1.807, 2.05) is 27.7 Å². The summed E-state index contributed by atoms with van der Waals surface area (Å²) in [6.45, 7) is 7.85. The molecule has 49 heavy (non-hydrogen) atoms. The number of aromatic nitrogens is 2. The Hall–Kier alpha value is -3.90. The summed E-state index contributed by atoms with van der Waals surface area (Å²) in [5.74, 6) is -3.20. The molecule has 13 nitrogen and oxygen atoms in total. The van der Waals surface area contributed by atoms with Crippen molar-refractivity contribution in [3.05, 3.63) is 24.3 Å². The lowest BCUT2D eigenvalue weighted by atomic mass is 9.82. The average molecular weight is 680 g/mol. The van der Waals surface area contributed by atoms with Gasteiger partial charge in [0.1, 0.15) is 23.8 Å². The van der Waals surface area contributed by atoms with Gasteiger partial charge in [-0.25, -0.2) is 4.98 Å². The molecule has 268 valence electrons. The van der Waals surface area contributed by atoms with Crippen LogP contribution in [0.2, 0.25) is 0 Å². The van der Waals surface area contributed by atoms with Crippen LogP contribution < -0.4 is 21.3 Å². The fraction of sp³-hybridized carbons (Fsp3) is 0.722. The Labute approximate surface area is 288 Å². The van der Waals surface area contributed by atoms with Crippen LogP contribution in [0.25, 0.3) is 0 Å². The molecule has 0 unspecified atom stereocenters. The smallest absolute Gasteiger partial charge is 0.289 e. The van der Waals surface area contributed by atoms with E-state index in [1.54, 1.807) is 4.90 Å². The first kappa shape index (κ1) is 36.4. The van der Waals surface area contributed by atoms with Crippen molar-refractivity contribution in [2.24, 2.45) is 23.2 Å². The molecule has 6 atom stereocenters. The minimum atomic E-state index is -0.994. The minimum Gasteiger partial charge on any atom is -0.347 e. The van der Waals surface area contributed by atoms with Crippen LogP contribution in [-0.4, -0.2) is 86.9 Å². The van der Waals surface area contributed by atoms with E-state index in [0.29, 0.717) is 19.4 Å². The molecule has 4 fully saturated rings. The maximum absolute atomic E-state index is 14.6. The van der Waals surface area contributed by atoms with Gasteiger partial charge < -0.3 is 26.2 Å². The van der Waals surface area contributed by atoms with Gasteiger partial charge >= 0.3 is 0 Å². The van der Waals surface area contributed by atoms with E-state index in [2.05, 4.69) is 31.2 Å². The Morgan fingerprint density at radius 3 is 2.27 bits per heavy atom. The van der Waals surface area contributed by atoms with Crippen LogP contribution in [0.15, 0.2) is 18.6 Å². The third kappa shape index (κ3) is 8.83. The molecule has 2 heterocycles. The lowest BCUT2D eigenvalue weighted by Crippen LogP contribution is -2.62. The highest BCUT2D eigenvalue weighted by molar-refractivity contribution is 6.38. The highest BCUT2D eigenvalue weighted by atomic mass is 16.2. The second-order valence-corrected chi connectivity index (χ2v) is 15.5. The Balaban J connectivity index is 1.36. The van der Waals surface area contributed by atoms with Gasteiger partial charge in [0, 0.05) is 25.0 Å². The minimum absolute atomic E-state index is 0.0132. The number of likely N-dealkylation sites (tertiary alicyclic amines) is 1. The number of amides is 5. The van der Waals surface area contributed by atoms with Crippen molar-refractivity contribution >= 4 is 35.3 Å². The number of Topliss-reactive ketones (excluding diaryl/α,β-unsaturated/α-hetero) is 1. The second kappa shape index (κ2) is 15.8. The number of hydrogen-bond acceptors (Lipinski definition) is 8. The molecule has 1 aromatic heterocycles. The van der Waals surface area contributed by atoms with Crippen molar-refractivity contribution in [1.82, 2.24) is 36.1 Å². The van der Waals surface area contributed by atoms with Crippen molar-refractivity contribution in [1.29, 1.82) is 0 Å². The molecule has 3 saturated carbocycles. The van der Waals surface area contributed by atoms with Crippen molar-refractivity contribution in [2.75, 3.05) is 6.54 Å². The SMILES string of the molecule is CCC[C@@H](NC(=O)[C@H]1[C@@H]2CCC[C@@H]2CN1C(=O)[C@H](NC(=O)[C@H](NC(=O)c1cnccn1)C1CCCCC1)C(C)(C)C)C(=O)C(=O)NC1CC1. The van der Waals surface area contributed by atoms with Crippen molar-refractivity contribution in [3.8, 4) is 0 Å². The Morgan fingerprint density at radius 1 is 0.898 bits per heavy atom. The highest BCUT2D eigenvalue weighted by Gasteiger charge is 2.52. The van der Waals surface area contributed by atoms with Crippen LogP contribution >= 0.6 is 0 Å². The monoisotopic (exact) mass is 679 g/mol. The maximum atomic E-state index is 14.6. The van der Waals surface area contributed by atoms with Crippen molar-refractivity contribution in [2.45, 2.75) is 135 Å². The summed E-state index contributed by atoms with van der Waals surface area (Å²) in [5.41, 5.74) is -0.638. The molecule has 1 aromatic rings. The van der Waals surface area contributed by atoms with Crippen LogP contribution in [0.1, 0.15) is 115 Å². The third-order valence-corrected chi connectivity index (χ3v) is 10.7.